The first kappa shape index (κ1) is 17.7. The van der Waals surface area contributed by atoms with Crippen LogP contribution in [0.25, 0.3) is 6.08 Å². The quantitative estimate of drug-likeness (QED) is 0.570. The summed E-state index contributed by atoms with van der Waals surface area (Å²) in [6, 6.07) is 6.86. The predicted octanol–water partition coefficient (Wildman–Crippen LogP) is 0.774. The Morgan fingerprint density at radius 3 is 2.62 bits per heavy atom. The van der Waals surface area contributed by atoms with E-state index in [1.165, 1.54) is 9.80 Å². The van der Waals surface area contributed by atoms with Crippen LogP contribution in [0.5, 0.6) is 0 Å². The summed E-state index contributed by atoms with van der Waals surface area (Å²) in [7, 11) is 0. The molecule has 1 aromatic carbocycles. The minimum absolute atomic E-state index is 0.198. The average molecular weight is 358 g/mol. The van der Waals surface area contributed by atoms with Crippen LogP contribution in [0.15, 0.2) is 36.4 Å². The van der Waals surface area contributed by atoms with Crippen LogP contribution in [-0.2, 0) is 19.1 Å². The molecule has 0 saturated carbocycles. The fourth-order valence-corrected chi connectivity index (χ4v) is 3.24. The molecule has 3 rings (SSSR count). The summed E-state index contributed by atoms with van der Waals surface area (Å²) in [5, 5.41) is 8.98. The van der Waals surface area contributed by atoms with Gasteiger partial charge in [0, 0.05) is 0 Å². The number of benzene rings is 1. The Balaban J connectivity index is 1.87. The third-order valence-electron chi connectivity index (χ3n) is 4.46. The van der Waals surface area contributed by atoms with E-state index in [-0.39, 0.29) is 13.2 Å². The molecule has 2 heterocycles. The SMILES string of the molecule is O=C[C@H](CC(=O)O)N1C(=O)C(N2CCOC2=O)[C@H]1/C=C/c1ccccc1. The number of nitrogens with zero attached hydrogens (tertiary/aromatic N) is 2. The van der Waals surface area contributed by atoms with Gasteiger partial charge in [-0.2, -0.15) is 0 Å². The molecule has 0 aromatic heterocycles. The molecular weight excluding hydrogens is 340 g/mol. The first-order valence-electron chi connectivity index (χ1n) is 8.19. The maximum Gasteiger partial charge on any atom is 0.410 e. The molecule has 136 valence electrons. The number of aliphatic carboxylic acids is 1. The zero-order chi connectivity index (χ0) is 18.7. The van der Waals surface area contributed by atoms with E-state index in [9.17, 15) is 19.2 Å². The maximum absolute atomic E-state index is 12.6. The Hall–Kier alpha value is -3.16. The Labute approximate surface area is 149 Å². The van der Waals surface area contributed by atoms with Crippen LogP contribution in [0.3, 0.4) is 0 Å². The third kappa shape index (κ3) is 3.30. The summed E-state index contributed by atoms with van der Waals surface area (Å²) in [6.45, 7) is 0.480. The number of hydrogen-bond donors (Lipinski definition) is 1. The van der Waals surface area contributed by atoms with Crippen molar-refractivity contribution in [1.82, 2.24) is 9.80 Å². The Morgan fingerprint density at radius 1 is 1.31 bits per heavy atom. The van der Waals surface area contributed by atoms with Crippen molar-refractivity contribution >= 4 is 30.3 Å². The highest BCUT2D eigenvalue weighted by atomic mass is 16.6. The van der Waals surface area contributed by atoms with Gasteiger partial charge in [0.05, 0.1) is 25.0 Å². The molecule has 0 aliphatic carbocycles. The van der Waals surface area contributed by atoms with Crippen molar-refractivity contribution in [3.63, 3.8) is 0 Å². The van der Waals surface area contributed by atoms with E-state index >= 15 is 0 Å². The van der Waals surface area contributed by atoms with Crippen LogP contribution in [0.1, 0.15) is 12.0 Å². The first-order chi connectivity index (χ1) is 12.5. The number of hydrogen-bond acceptors (Lipinski definition) is 5. The molecule has 0 radical (unpaired) electrons. The minimum Gasteiger partial charge on any atom is -0.481 e. The highest BCUT2D eigenvalue weighted by molar-refractivity contribution is 5.96. The third-order valence-corrected chi connectivity index (χ3v) is 4.46. The van der Waals surface area contributed by atoms with Gasteiger partial charge in [-0.05, 0) is 5.56 Å². The number of β-lactam (4-membered cyclic amide) rings is 1. The lowest BCUT2D eigenvalue weighted by atomic mass is 9.89. The summed E-state index contributed by atoms with van der Waals surface area (Å²) >= 11 is 0. The van der Waals surface area contributed by atoms with Crippen molar-refractivity contribution in [1.29, 1.82) is 0 Å². The molecule has 2 amide bonds. The largest absolute Gasteiger partial charge is 0.481 e. The zero-order valence-corrected chi connectivity index (χ0v) is 13.9. The van der Waals surface area contributed by atoms with Crippen LogP contribution >= 0.6 is 0 Å². The number of carboxylic acid groups (broad SMARTS) is 1. The fourth-order valence-electron chi connectivity index (χ4n) is 3.24. The number of likely N-dealkylation sites (tertiary alicyclic amines) is 1. The van der Waals surface area contributed by atoms with Crippen LogP contribution in [-0.4, -0.2) is 70.4 Å². The molecule has 0 bridgehead atoms. The molecule has 2 aliphatic heterocycles. The van der Waals surface area contributed by atoms with E-state index < -0.39 is 42.5 Å². The highest BCUT2D eigenvalue weighted by Crippen LogP contribution is 2.31. The number of cyclic esters (lactones) is 1. The number of carbonyl (C=O) groups is 4. The van der Waals surface area contributed by atoms with E-state index in [4.69, 9.17) is 9.84 Å². The molecule has 8 nitrogen and oxygen atoms in total. The van der Waals surface area contributed by atoms with Crippen molar-refractivity contribution in [3.05, 3.63) is 42.0 Å². The van der Waals surface area contributed by atoms with Gasteiger partial charge in [0.25, 0.3) is 0 Å². The number of ether oxygens (including phenoxy) is 1. The Kier molecular flexibility index (Phi) is 5.01. The fraction of sp³-hybridized carbons (Fsp3) is 0.333. The monoisotopic (exact) mass is 358 g/mol. The molecule has 0 spiro atoms. The lowest BCUT2D eigenvalue weighted by Gasteiger charge is -2.50. The number of amides is 2. The van der Waals surface area contributed by atoms with Gasteiger partial charge < -0.3 is 19.5 Å². The van der Waals surface area contributed by atoms with E-state index in [1.807, 2.05) is 30.3 Å². The van der Waals surface area contributed by atoms with Crippen LogP contribution in [0, 0.1) is 0 Å². The van der Waals surface area contributed by atoms with Crippen molar-refractivity contribution in [2.24, 2.45) is 0 Å². The number of carbonyl (C=O) groups excluding carboxylic acids is 3. The molecule has 1 aromatic rings. The highest BCUT2D eigenvalue weighted by Gasteiger charge is 2.54. The molecule has 1 N–H and O–H groups in total. The van der Waals surface area contributed by atoms with Gasteiger partial charge in [0.15, 0.2) is 0 Å². The molecule has 26 heavy (non-hydrogen) atoms. The van der Waals surface area contributed by atoms with Crippen molar-refractivity contribution < 1.29 is 29.0 Å². The minimum atomic E-state index is -1.18. The second-order valence-electron chi connectivity index (χ2n) is 6.06. The van der Waals surface area contributed by atoms with Crippen molar-refractivity contribution in [2.45, 2.75) is 24.5 Å². The summed E-state index contributed by atoms with van der Waals surface area (Å²) in [5.74, 6) is -1.63. The second-order valence-corrected chi connectivity index (χ2v) is 6.06. The van der Waals surface area contributed by atoms with E-state index in [0.717, 1.165) is 5.56 Å². The molecule has 3 atom stereocenters. The van der Waals surface area contributed by atoms with E-state index in [2.05, 4.69) is 0 Å². The summed E-state index contributed by atoms with van der Waals surface area (Å²) < 4.78 is 4.90. The normalized spacial score (nSPS) is 23.7. The van der Waals surface area contributed by atoms with Crippen molar-refractivity contribution in [3.8, 4) is 0 Å². The van der Waals surface area contributed by atoms with E-state index in [0.29, 0.717) is 6.29 Å². The Morgan fingerprint density at radius 2 is 2.04 bits per heavy atom. The molecule has 2 saturated heterocycles. The Bertz CT molecular complexity index is 747. The summed E-state index contributed by atoms with van der Waals surface area (Å²) in [6.07, 6.45) is 2.88. The zero-order valence-electron chi connectivity index (χ0n) is 13.9. The predicted molar refractivity (Wildman–Crippen MR) is 90.1 cm³/mol. The van der Waals surface area contributed by atoms with Crippen LogP contribution in [0.4, 0.5) is 4.79 Å². The molecular formula is C18H18N2O6. The maximum atomic E-state index is 12.6. The van der Waals surface area contributed by atoms with Gasteiger partial charge in [0.2, 0.25) is 5.91 Å². The second kappa shape index (κ2) is 7.38. The lowest BCUT2D eigenvalue weighted by molar-refractivity contribution is -0.161. The number of rotatable bonds is 7. The van der Waals surface area contributed by atoms with Gasteiger partial charge >= 0.3 is 12.1 Å². The van der Waals surface area contributed by atoms with Gasteiger partial charge in [-0.25, -0.2) is 4.79 Å². The average Bonchev–Trinajstić information content (AvgIpc) is 3.03. The summed E-state index contributed by atoms with van der Waals surface area (Å²) in [5.41, 5.74) is 0.885. The first-order valence-corrected chi connectivity index (χ1v) is 8.19. The topological polar surface area (TPSA) is 104 Å². The van der Waals surface area contributed by atoms with Gasteiger partial charge in [0.1, 0.15) is 18.9 Å². The lowest BCUT2D eigenvalue weighted by Crippen LogP contribution is -2.72. The van der Waals surface area contributed by atoms with Gasteiger partial charge in [-0.3, -0.25) is 14.5 Å². The smallest absolute Gasteiger partial charge is 0.410 e. The van der Waals surface area contributed by atoms with Crippen molar-refractivity contribution in [2.75, 3.05) is 13.2 Å². The standard InChI is InChI=1S/C18H18N2O6/c21-11-13(10-15(22)23)20-14(7-6-12-4-2-1-3-5-12)16(17(20)24)19-8-9-26-18(19)25/h1-7,11,13-14,16H,8-10H2,(H,22,23)/b7-6+/t13-,14+,16?/m0/s1. The molecule has 8 heteroatoms. The van der Waals surface area contributed by atoms with Crippen LogP contribution in [0.2, 0.25) is 0 Å². The molecule has 2 fully saturated rings. The number of carboxylic acids is 1. The molecule has 1 unspecified atom stereocenters. The summed E-state index contributed by atoms with van der Waals surface area (Å²) in [4.78, 5) is 49.3. The number of aldehydes is 1. The molecule has 2 aliphatic rings. The van der Waals surface area contributed by atoms with E-state index in [1.54, 1.807) is 12.2 Å². The van der Waals surface area contributed by atoms with Gasteiger partial charge in [-0.15, -0.1) is 0 Å². The van der Waals surface area contributed by atoms with Gasteiger partial charge in [-0.1, -0.05) is 42.5 Å². The van der Waals surface area contributed by atoms with Crippen LogP contribution < -0.4 is 0 Å².